The van der Waals surface area contributed by atoms with E-state index in [9.17, 15) is 0 Å². The molecule has 0 bridgehead atoms. The number of fused-ring (bicyclic) bond motifs is 6. The van der Waals surface area contributed by atoms with Gasteiger partial charge in [-0.25, -0.2) is 0 Å². The minimum Gasteiger partial charge on any atom is -0.121 e. The summed E-state index contributed by atoms with van der Waals surface area (Å²) >= 11 is 1.94. The van der Waals surface area contributed by atoms with Crippen LogP contribution in [-0.2, 0) is 5.75 Å². The van der Waals surface area contributed by atoms with E-state index in [2.05, 4.69) is 158 Å². The molecular weight excluding hydrogens is 549 g/mol. The molecule has 0 saturated heterocycles. The number of hydrogen-bond acceptors (Lipinski definition) is 1. The van der Waals surface area contributed by atoms with Gasteiger partial charge in [-0.1, -0.05) is 146 Å². The molecule has 0 atom stereocenters. The van der Waals surface area contributed by atoms with Crippen LogP contribution >= 0.6 is 11.8 Å². The van der Waals surface area contributed by atoms with Crippen molar-refractivity contribution in [3.8, 4) is 44.5 Å². The molecule has 0 aromatic heterocycles. The van der Waals surface area contributed by atoms with Gasteiger partial charge in [0.1, 0.15) is 0 Å². The standard InChI is InChI=1S/C43H28S/c1-2-11-31-26-32(25-22-28(31)10-1)29-20-23-30(24-21-29)41-34-13-3-5-15-36(34)43(37-16-6-4-14-35(37)41)39-18-9-12-33-27-44-40-19-8-7-17-38(40)42(33)39/h1-26H,27H2. The lowest BCUT2D eigenvalue weighted by molar-refractivity contribution is 1.32. The van der Waals surface area contributed by atoms with E-state index in [0.29, 0.717) is 0 Å². The van der Waals surface area contributed by atoms with Crippen LogP contribution in [0.5, 0.6) is 0 Å². The molecule has 8 aromatic rings. The second-order valence-electron chi connectivity index (χ2n) is 11.6. The molecule has 9 rings (SSSR count). The molecule has 1 aliphatic rings. The molecular formula is C43H28S. The minimum atomic E-state index is 0.998. The van der Waals surface area contributed by atoms with Gasteiger partial charge in [0.2, 0.25) is 0 Å². The lowest BCUT2D eigenvalue weighted by atomic mass is 9.82. The summed E-state index contributed by atoms with van der Waals surface area (Å²) < 4.78 is 0. The summed E-state index contributed by atoms with van der Waals surface area (Å²) in [5.41, 5.74) is 11.8. The molecule has 0 aliphatic carbocycles. The molecule has 0 N–H and O–H groups in total. The van der Waals surface area contributed by atoms with Crippen LogP contribution < -0.4 is 0 Å². The summed E-state index contributed by atoms with van der Waals surface area (Å²) in [6, 6.07) is 58.2. The smallest absolute Gasteiger partial charge is 0.0238 e. The second-order valence-corrected chi connectivity index (χ2v) is 12.6. The predicted octanol–water partition coefficient (Wildman–Crippen LogP) is 12.4. The van der Waals surface area contributed by atoms with Crippen LogP contribution in [-0.4, -0.2) is 0 Å². The average Bonchev–Trinajstić information content (AvgIpc) is 3.10. The lowest BCUT2D eigenvalue weighted by Gasteiger charge is -2.25. The van der Waals surface area contributed by atoms with Gasteiger partial charge in [0, 0.05) is 10.6 Å². The lowest BCUT2D eigenvalue weighted by Crippen LogP contribution is -1.99. The van der Waals surface area contributed by atoms with E-state index in [4.69, 9.17) is 0 Å². The molecule has 0 radical (unpaired) electrons. The molecule has 1 heteroatoms. The third-order valence-corrected chi connectivity index (χ3v) is 10.3. The third kappa shape index (κ3) is 4.01. The highest BCUT2D eigenvalue weighted by atomic mass is 32.2. The molecule has 0 saturated carbocycles. The van der Waals surface area contributed by atoms with Gasteiger partial charge in [0.05, 0.1) is 0 Å². The average molecular weight is 577 g/mol. The number of benzene rings is 8. The molecule has 1 heterocycles. The highest BCUT2D eigenvalue weighted by Gasteiger charge is 2.23. The van der Waals surface area contributed by atoms with Gasteiger partial charge in [0.15, 0.2) is 0 Å². The van der Waals surface area contributed by atoms with Crippen molar-refractivity contribution in [1.82, 2.24) is 0 Å². The van der Waals surface area contributed by atoms with Crippen molar-refractivity contribution in [2.75, 3.05) is 0 Å². The summed E-state index contributed by atoms with van der Waals surface area (Å²) in [5, 5.41) is 7.71. The SMILES string of the molecule is c1ccc2c(c1)SCc1cccc(-c3c4ccccc4c(-c4ccc(-c5ccc6ccccc6c5)cc4)c4ccccc34)c1-2. The zero-order valence-electron chi connectivity index (χ0n) is 24.1. The number of thioether (sulfide) groups is 1. The Morgan fingerprint density at radius 1 is 0.364 bits per heavy atom. The predicted molar refractivity (Wildman–Crippen MR) is 190 cm³/mol. The molecule has 0 nitrogen and oxygen atoms in total. The summed E-state index contributed by atoms with van der Waals surface area (Å²) in [4.78, 5) is 1.36. The van der Waals surface area contributed by atoms with Gasteiger partial charge in [0.25, 0.3) is 0 Å². The Morgan fingerprint density at radius 2 is 0.932 bits per heavy atom. The zero-order valence-corrected chi connectivity index (χ0v) is 24.9. The van der Waals surface area contributed by atoms with Crippen molar-refractivity contribution < 1.29 is 0 Å². The normalized spacial score (nSPS) is 12.4. The Labute approximate surface area is 261 Å². The van der Waals surface area contributed by atoms with E-state index in [1.165, 1.54) is 87.3 Å². The van der Waals surface area contributed by atoms with Crippen LogP contribution in [0, 0.1) is 0 Å². The van der Waals surface area contributed by atoms with Gasteiger partial charge in [-0.15, -0.1) is 11.8 Å². The highest BCUT2D eigenvalue weighted by Crippen LogP contribution is 2.50. The minimum absolute atomic E-state index is 0.998. The van der Waals surface area contributed by atoms with E-state index in [0.717, 1.165) is 5.75 Å². The summed E-state index contributed by atoms with van der Waals surface area (Å²) in [5.74, 6) is 0.998. The van der Waals surface area contributed by atoms with Crippen molar-refractivity contribution in [2.45, 2.75) is 10.6 Å². The Hall–Kier alpha value is -5.11. The van der Waals surface area contributed by atoms with E-state index < -0.39 is 0 Å². The molecule has 8 aromatic carbocycles. The highest BCUT2D eigenvalue weighted by molar-refractivity contribution is 7.98. The van der Waals surface area contributed by atoms with Gasteiger partial charge < -0.3 is 0 Å². The second kappa shape index (κ2) is 10.3. The van der Waals surface area contributed by atoms with Gasteiger partial charge in [-0.2, -0.15) is 0 Å². The molecule has 0 fully saturated rings. The van der Waals surface area contributed by atoms with E-state index in [-0.39, 0.29) is 0 Å². The van der Waals surface area contributed by atoms with Crippen molar-refractivity contribution in [1.29, 1.82) is 0 Å². The maximum absolute atomic E-state index is 2.33. The summed E-state index contributed by atoms with van der Waals surface area (Å²) in [7, 11) is 0. The van der Waals surface area contributed by atoms with Crippen molar-refractivity contribution in [2.24, 2.45) is 0 Å². The first-order valence-corrected chi connectivity index (χ1v) is 16.2. The first-order chi connectivity index (χ1) is 21.8. The quantitative estimate of drug-likeness (QED) is 0.189. The monoisotopic (exact) mass is 576 g/mol. The van der Waals surface area contributed by atoms with Crippen LogP contribution in [0.4, 0.5) is 0 Å². The van der Waals surface area contributed by atoms with E-state index in [1.807, 2.05) is 11.8 Å². The van der Waals surface area contributed by atoms with Crippen LogP contribution in [0.2, 0.25) is 0 Å². The molecule has 0 amide bonds. The molecule has 1 aliphatic heterocycles. The molecule has 0 unspecified atom stereocenters. The fourth-order valence-electron chi connectivity index (χ4n) is 7.13. The van der Waals surface area contributed by atoms with E-state index >= 15 is 0 Å². The number of rotatable bonds is 3. The maximum Gasteiger partial charge on any atom is 0.0238 e. The van der Waals surface area contributed by atoms with Crippen molar-refractivity contribution in [3.05, 3.63) is 163 Å². The Bertz CT molecular complexity index is 2320. The Kier molecular flexibility index (Phi) is 5.92. The fourth-order valence-corrected chi connectivity index (χ4v) is 8.18. The van der Waals surface area contributed by atoms with Crippen LogP contribution in [0.15, 0.2) is 163 Å². The molecule has 0 spiro atoms. The van der Waals surface area contributed by atoms with Gasteiger partial charge in [-0.05, 0) is 94.5 Å². The van der Waals surface area contributed by atoms with E-state index in [1.54, 1.807) is 0 Å². The van der Waals surface area contributed by atoms with Crippen LogP contribution in [0.3, 0.4) is 0 Å². The van der Waals surface area contributed by atoms with Crippen LogP contribution in [0.25, 0.3) is 76.8 Å². The Morgan fingerprint density at radius 3 is 1.68 bits per heavy atom. The van der Waals surface area contributed by atoms with Gasteiger partial charge >= 0.3 is 0 Å². The first kappa shape index (κ1) is 25.4. The van der Waals surface area contributed by atoms with Crippen LogP contribution in [0.1, 0.15) is 5.56 Å². The first-order valence-electron chi connectivity index (χ1n) is 15.2. The topological polar surface area (TPSA) is 0 Å². The zero-order chi connectivity index (χ0) is 29.0. The van der Waals surface area contributed by atoms with Gasteiger partial charge in [-0.3, -0.25) is 0 Å². The van der Waals surface area contributed by atoms with Crippen molar-refractivity contribution in [3.63, 3.8) is 0 Å². The number of hydrogen-bond donors (Lipinski definition) is 0. The largest absolute Gasteiger partial charge is 0.121 e. The Balaban J connectivity index is 1.27. The third-order valence-electron chi connectivity index (χ3n) is 9.15. The molecule has 206 valence electrons. The maximum atomic E-state index is 2.33. The van der Waals surface area contributed by atoms with Crippen molar-refractivity contribution >= 4 is 44.1 Å². The summed E-state index contributed by atoms with van der Waals surface area (Å²) in [6.07, 6.45) is 0. The molecule has 44 heavy (non-hydrogen) atoms. The fraction of sp³-hybridized carbons (Fsp3) is 0.0233. The summed E-state index contributed by atoms with van der Waals surface area (Å²) in [6.45, 7) is 0.